The summed E-state index contributed by atoms with van der Waals surface area (Å²) >= 11 is 0. The number of nitrogens with zero attached hydrogens (tertiary/aromatic N) is 2. The number of hydrogen-bond donors (Lipinski definition) is 0. The molecule has 0 aromatic heterocycles. The fourth-order valence-corrected chi connectivity index (χ4v) is 2.45. The second-order valence-electron chi connectivity index (χ2n) is 4.72. The van der Waals surface area contributed by atoms with Gasteiger partial charge in [-0.3, -0.25) is 0 Å². The molecule has 1 saturated heterocycles. The van der Waals surface area contributed by atoms with Crippen LogP contribution in [0.2, 0.25) is 0 Å². The summed E-state index contributed by atoms with van der Waals surface area (Å²) in [5.74, 6) is 0.505. The molecule has 90 valence electrons. The first-order valence-corrected chi connectivity index (χ1v) is 6.55. The Labute approximate surface area is 99.9 Å². The van der Waals surface area contributed by atoms with E-state index in [0.29, 0.717) is 18.4 Å². The predicted molar refractivity (Wildman–Crippen MR) is 68.0 cm³/mol. The van der Waals surface area contributed by atoms with Crippen molar-refractivity contribution in [3.05, 3.63) is 12.2 Å². The van der Waals surface area contributed by atoms with Crippen molar-refractivity contribution in [1.29, 1.82) is 5.26 Å². The van der Waals surface area contributed by atoms with Crippen LogP contribution in [0.5, 0.6) is 0 Å². The van der Waals surface area contributed by atoms with Gasteiger partial charge in [-0.2, -0.15) is 5.26 Å². The maximum absolute atomic E-state index is 8.89. The summed E-state index contributed by atoms with van der Waals surface area (Å²) in [6.07, 6.45) is 9.95. The van der Waals surface area contributed by atoms with Crippen LogP contribution < -0.4 is 0 Å². The normalized spacial score (nSPS) is 21.1. The van der Waals surface area contributed by atoms with Crippen LogP contribution in [-0.2, 0) is 0 Å². The fraction of sp³-hybridized carbons (Fsp3) is 0.786. The fourth-order valence-electron chi connectivity index (χ4n) is 2.45. The van der Waals surface area contributed by atoms with E-state index in [2.05, 4.69) is 37.0 Å². The lowest BCUT2D eigenvalue weighted by Crippen LogP contribution is -2.36. The van der Waals surface area contributed by atoms with E-state index < -0.39 is 0 Å². The SMILES string of the molecule is CC/C=C\CC(CC#N)C(C)N1CCCC1. The molecular weight excluding hydrogens is 196 g/mol. The highest BCUT2D eigenvalue weighted by Gasteiger charge is 2.24. The van der Waals surface area contributed by atoms with E-state index in [1.807, 2.05) is 0 Å². The van der Waals surface area contributed by atoms with Gasteiger partial charge in [-0.05, 0) is 51.6 Å². The van der Waals surface area contributed by atoms with E-state index >= 15 is 0 Å². The van der Waals surface area contributed by atoms with E-state index in [9.17, 15) is 0 Å². The third-order valence-corrected chi connectivity index (χ3v) is 3.59. The summed E-state index contributed by atoms with van der Waals surface area (Å²) in [6, 6.07) is 2.90. The smallest absolute Gasteiger partial charge is 0.0625 e. The van der Waals surface area contributed by atoms with Gasteiger partial charge in [0.25, 0.3) is 0 Å². The molecule has 2 atom stereocenters. The molecule has 1 aliphatic rings. The van der Waals surface area contributed by atoms with E-state index in [1.54, 1.807) is 0 Å². The highest BCUT2D eigenvalue weighted by molar-refractivity contribution is 4.91. The summed E-state index contributed by atoms with van der Waals surface area (Å²) in [4.78, 5) is 2.54. The lowest BCUT2D eigenvalue weighted by Gasteiger charge is -2.29. The first kappa shape index (κ1) is 13.3. The van der Waals surface area contributed by atoms with Gasteiger partial charge in [0, 0.05) is 12.5 Å². The molecule has 0 aromatic rings. The van der Waals surface area contributed by atoms with Crippen molar-refractivity contribution in [2.45, 2.75) is 52.0 Å². The second kappa shape index (κ2) is 7.46. The Kier molecular flexibility index (Phi) is 6.18. The van der Waals surface area contributed by atoms with Crippen LogP contribution in [-0.4, -0.2) is 24.0 Å². The van der Waals surface area contributed by atoms with E-state index in [4.69, 9.17) is 5.26 Å². The molecule has 2 heteroatoms. The molecule has 2 unspecified atom stereocenters. The van der Waals surface area contributed by atoms with Crippen molar-refractivity contribution >= 4 is 0 Å². The molecule has 0 radical (unpaired) electrons. The number of hydrogen-bond acceptors (Lipinski definition) is 2. The Bertz CT molecular complexity index is 246. The molecule has 1 heterocycles. The van der Waals surface area contributed by atoms with Gasteiger partial charge in [-0.15, -0.1) is 0 Å². The van der Waals surface area contributed by atoms with Crippen LogP contribution in [0.15, 0.2) is 12.2 Å². The molecule has 0 aliphatic carbocycles. The zero-order valence-electron chi connectivity index (χ0n) is 10.7. The maximum Gasteiger partial charge on any atom is 0.0625 e. The largest absolute Gasteiger partial charge is 0.300 e. The Morgan fingerprint density at radius 1 is 1.31 bits per heavy atom. The maximum atomic E-state index is 8.89. The van der Waals surface area contributed by atoms with Gasteiger partial charge in [-0.1, -0.05) is 19.1 Å². The van der Waals surface area contributed by atoms with Crippen LogP contribution in [0.25, 0.3) is 0 Å². The zero-order valence-corrected chi connectivity index (χ0v) is 10.7. The molecule has 0 aromatic carbocycles. The monoisotopic (exact) mass is 220 g/mol. The van der Waals surface area contributed by atoms with Gasteiger partial charge in [0.15, 0.2) is 0 Å². The number of allylic oxidation sites excluding steroid dienone is 2. The number of nitriles is 1. The van der Waals surface area contributed by atoms with Crippen LogP contribution in [0.1, 0.15) is 46.0 Å². The van der Waals surface area contributed by atoms with Gasteiger partial charge in [0.1, 0.15) is 0 Å². The molecule has 2 nitrogen and oxygen atoms in total. The molecule has 0 spiro atoms. The minimum Gasteiger partial charge on any atom is -0.300 e. The Morgan fingerprint density at radius 3 is 2.56 bits per heavy atom. The number of likely N-dealkylation sites (tertiary alicyclic amines) is 1. The van der Waals surface area contributed by atoms with E-state index in [-0.39, 0.29) is 0 Å². The molecule has 1 rings (SSSR count). The molecular formula is C14H24N2. The summed E-state index contributed by atoms with van der Waals surface area (Å²) in [7, 11) is 0. The summed E-state index contributed by atoms with van der Waals surface area (Å²) in [5, 5.41) is 8.89. The Balaban J connectivity index is 2.47. The van der Waals surface area contributed by atoms with Gasteiger partial charge < -0.3 is 4.90 Å². The van der Waals surface area contributed by atoms with Crippen molar-refractivity contribution in [3.63, 3.8) is 0 Å². The molecule has 0 amide bonds. The van der Waals surface area contributed by atoms with E-state index in [1.165, 1.54) is 25.9 Å². The van der Waals surface area contributed by atoms with Crippen molar-refractivity contribution < 1.29 is 0 Å². The third kappa shape index (κ3) is 3.98. The Hall–Kier alpha value is -0.810. The summed E-state index contributed by atoms with van der Waals surface area (Å²) in [5.41, 5.74) is 0. The van der Waals surface area contributed by atoms with Crippen molar-refractivity contribution in [2.75, 3.05) is 13.1 Å². The quantitative estimate of drug-likeness (QED) is 0.642. The lowest BCUT2D eigenvalue weighted by molar-refractivity contribution is 0.191. The predicted octanol–water partition coefficient (Wildman–Crippen LogP) is 3.36. The standard InChI is InChI=1S/C14H24N2/c1-3-4-5-8-14(9-10-15)13(2)16-11-6-7-12-16/h4-5,13-14H,3,6-9,11-12H2,1-2H3/b5-4-. The van der Waals surface area contributed by atoms with Gasteiger partial charge >= 0.3 is 0 Å². The van der Waals surface area contributed by atoms with Crippen LogP contribution in [0.3, 0.4) is 0 Å². The second-order valence-corrected chi connectivity index (χ2v) is 4.72. The topological polar surface area (TPSA) is 27.0 Å². The van der Waals surface area contributed by atoms with Crippen molar-refractivity contribution in [3.8, 4) is 6.07 Å². The summed E-state index contributed by atoms with van der Waals surface area (Å²) in [6.45, 7) is 6.88. The first-order valence-electron chi connectivity index (χ1n) is 6.55. The molecule has 0 N–H and O–H groups in total. The molecule has 1 aliphatic heterocycles. The highest BCUT2D eigenvalue weighted by Crippen LogP contribution is 2.22. The molecule has 1 fully saturated rings. The molecule has 0 saturated carbocycles. The van der Waals surface area contributed by atoms with E-state index in [0.717, 1.165) is 12.8 Å². The van der Waals surface area contributed by atoms with Crippen molar-refractivity contribution in [1.82, 2.24) is 4.90 Å². The Morgan fingerprint density at radius 2 is 2.00 bits per heavy atom. The average molecular weight is 220 g/mol. The highest BCUT2D eigenvalue weighted by atomic mass is 15.2. The van der Waals surface area contributed by atoms with Crippen LogP contribution >= 0.6 is 0 Å². The molecule has 16 heavy (non-hydrogen) atoms. The minimum absolute atomic E-state index is 0.505. The van der Waals surface area contributed by atoms with Crippen molar-refractivity contribution in [2.24, 2.45) is 5.92 Å². The lowest BCUT2D eigenvalue weighted by atomic mass is 9.93. The summed E-state index contributed by atoms with van der Waals surface area (Å²) < 4.78 is 0. The molecule has 0 bridgehead atoms. The van der Waals surface area contributed by atoms with Gasteiger partial charge in [0.05, 0.1) is 6.07 Å². The first-order chi connectivity index (χ1) is 7.79. The minimum atomic E-state index is 0.505. The zero-order chi connectivity index (χ0) is 11.8. The van der Waals surface area contributed by atoms with Crippen LogP contribution in [0.4, 0.5) is 0 Å². The van der Waals surface area contributed by atoms with Crippen LogP contribution in [0, 0.1) is 17.2 Å². The number of rotatable bonds is 6. The average Bonchev–Trinajstić information content (AvgIpc) is 2.81. The van der Waals surface area contributed by atoms with Gasteiger partial charge in [0.2, 0.25) is 0 Å². The third-order valence-electron chi connectivity index (χ3n) is 3.59. The van der Waals surface area contributed by atoms with Gasteiger partial charge in [-0.25, -0.2) is 0 Å².